The number of halogens is 3. The Kier molecular flexibility index (Phi) is 8.27. The molecule has 1 aliphatic heterocycles. The lowest BCUT2D eigenvalue weighted by atomic mass is 9.98. The number of para-hydroxylation sites is 3. The van der Waals surface area contributed by atoms with Gasteiger partial charge in [0.1, 0.15) is 11.7 Å². The molecule has 0 unspecified atom stereocenters. The number of allylic oxidation sites excluding steroid dienone is 4. The summed E-state index contributed by atoms with van der Waals surface area (Å²) in [5.74, 6) is 1.69. The van der Waals surface area contributed by atoms with Gasteiger partial charge >= 0.3 is 6.18 Å². The smallest absolute Gasteiger partial charge is 0.324 e. The lowest BCUT2D eigenvalue weighted by molar-refractivity contribution is -0.0884. The predicted octanol–water partition coefficient (Wildman–Crippen LogP) is 11.0. The maximum Gasteiger partial charge on any atom is 0.416 e. The number of aromatic nitrogens is 2. The van der Waals surface area contributed by atoms with Crippen LogP contribution in [0.4, 0.5) is 13.2 Å². The van der Waals surface area contributed by atoms with E-state index < -0.39 is 11.7 Å². The van der Waals surface area contributed by atoms with Crippen LogP contribution in [0.1, 0.15) is 17.5 Å². The first kappa shape index (κ1) is 35.5. The molecule has 0 amide bonds. The Hall–Kier alpha value is -7.71. The summed E-state index contributed by atoms with van der Waals surface area (Å²) in [6.45, 7) is 0. The number of hydrogen-bond donors (Lipinski definition) is 1. The molecule has 0 spiro atoms. The van der Waals surface area contributed by atoms with Crippen LogP contribution in [-0.2, 0) is 0 Å². The van der Waals surface area contributed by atoms with Crippen LogP contribution in [-0.4, -0.2) is 27.0 Å². The van der Waals surface area contributed by atoms with E-state index in [2.05, 4.69) is 105 Å². The number of aliphatic imine (C=N–C) groups is 2. The minimum absolute atomic E-state index is 0.112. The molecule has 5 nitrogen and oxygen atoms in total. The van der Waals surface area contributed by atoms with Crippen LogP contribution in [0.5, 0.6) is 0 Å². The van der Waals surface area contributed by atoms with Crippen LogP contribution in [0.2, 0.25) is 0 Å². The van der Waals surface area contributed by atoms with E-state index in [9.17, 15) is 13.2 Å². The van der Waals surface area contributed by atoms with Gasteiger partial charge in [-0.05, 0) is 65.7 Å². The van der Waals surface area contributed by atoms with Gasteiger partial charge in [-0.1, -0.05) is 140 Å². The van der Waals surface area contributed by atoms with Crippen LogP contribution in [0.25, 0.3) is 66.4 Å². The van der Waals surface area contributed by atoms with Gasteiger partial charge in [-0.3, -0.25) is 0 Å². The highest BCUT2D eigenvalue weighted by Crippen LogP contribution is 2.37. The van der Waals surface area contributed by atoms with Gasteiger partial charge in [0.2, 0.25) is 0 Å². The monoisotopic (exact) mass is 785 g/mol. The van der Waals surface area contributed by atoms with E-state index in [1.54, 1.807) is 6.08 Å². The number of rotatable bonds is 4. The summed E-state index contributed by atoms with van der Waals surface area (Å²) in [7, 11) is 0. The van der Waals surface area contributed by atoms with Crippen LogP contribution in [0.3, 0.4) is 0 Å². The Bertz CT molecular complexity index is 3400. The quantitative estimate of drug-likeness (QED) is 0.190. The normalized spacial score (nSPS) is 16.3. The third-order valence-corrected chi connectivity index (χ3v) is 11.4. The zero-order valence-corrected chi connectivity index (χ0v) is 32.0. The third-order valence-electron chi connectivity index (χ3n) is 11.4. The van der Waals surface area contributed by atoms with Crippen molar-refractivity contribution in [1.82, 2.24) is 14.5 Å². The van der Waals surface area contributed by atoms with Gasteiger partial charge in [-0.2, -0.15) is 13.2 Å². The van der Waals surface area contributed by atoms with E-state index in [1.807, 2.05) is 78.9 Å². The summed E-state index contributed by atoms with van der Waals surface area (Å²) in [5.41, 5.74) is 8.07. The molecule has 0 saturated carbocycles. The van der Waals surface area contributed by atoms with E-state index >= 15 is 0 Å². The van der Waals surface area contributed by atoms with E-state index in [1.165, 1.54) is 16.8 Å². The molecule has 60 heavy (non-hydrogen) atoms. The zero-order chi connectivity index (χ0) is 40.4. The number of nitrogens with zero attached hydrogens (tertiary/aromatic N) is 4. The van der Waals surface area contributed by atoms with Crippen molar-refractivity contribution >= 4 is 66.7 Å². The molecular formula is C52H34F3N5. The minimum atomic E-state index is -4.43. The number of fused-ring (bicyclic) bond motifs is 6. The fraction of sp³-hybridized carbons (Fsp3) is 0.0385. The second kappa shape index (κ2) is 14.0. The first-order valence-electron chi connectivity index (χ1n) is 19.8. The highest BCUT2D eigenvalue weighted by molar-refractivity contribution is 6.16. The second-order valence-corrected chi connectivity index (χ2v) is 15.0. The molecule has 0 saturated heterocycles. The van der Waals surface area contributed by atoms with Gasteiger partial charge in [0, 0.05) is 49.3 Å². The molecule has 9 aromatic rings. The molecule has 2 aliphatic rings. The number of nitrogens with one attached hydrogen (secondary N) is 1. The van der Waals surface area contributed by atoms with Gasteiger partial charge < -0.3 is 14.5 Å². The fourth-order valence-electron chi connectivity index (χ4n) is 8.66. The Balaban J connectivity index is 1.16. The fourth-order valence-corrected chi connectivity index (χ4v) is 8.66. The summed E-state index contributed by atoms with van der Waals surface area (Å²) in [4.78, 5) is 10.1. The Morgan fingerprint density at radius 2 is 1.02 bits per heavy atom. The van der Waals surface area contributed by atoms with Gasteiger partial charge in [0.15, 0.2) is 5.84 Å². The largest absolute Gasteiger partial charge is 0.416 e. The van der Waals surface area contributed by atoms with Crippen molar-refractivity contribution in [3.05, 3.63) is 215 Å². The Morgan fingerprint density at radius 1 is 0.483 bits per heavy atom. The summed E-state index contributed by atoms with van der Waals surface area (Å²) < 4.78 is 45.9. The van der Waals surface area contributed by atoms with Gasteiger partial charge in [0.05, 0.1) is 27.6 Å². The molecule has 2 aromatic heterocycles. The molecule has 7 aromatic carbocycles. The van der Waals surface area contributed by atoms with Crippen molar-refractivity contribution < 1.29 is 13.2 Å². The van der Waals surface area contributed by atoms with Crippen molar-refractivity contribution in [2.75, 3.05) is 0 Å². The Morgan fingerprint density at radius 3 is 1.62 bits per heavy atom. The highest BCUT2D eigenvalue weighted by atomic mass is 19.4. The van der Waals surface area contributed by atoms with Gasteiger partial charge in [-0.25, -0.2) is 9.98 Å². The van der Waals surface area contributed by atoms with Crippen molar-refractivity contribution in [3.63, 3.8) is 0 Å². The molecule has 11 rings (SSSR count). The molecule has 1 N–H and O–H groups in total. The maximum absolute atomic E-state index is 13.8. The van der Waals surface area contributed by atoms with E-state index in [0.717, 1.165) is 77.4 Å². The highest BCUT2D eigenvalue weighted by Gasteiger charge is 2.32. The van der Waals surface area contributed by atoms with Gasteiger partial charge in [-0.15, -0.1) is 0 Å². The number of hydrogen-bond acceptors (Lipinski definition) is 3. The minimum Gasteiger partial charge on any atom is -0.324 e. The molecule has 0 fully saturated rings. The lowest BCUT2D eigenvalue weighted by Crippen LogP contribution is -2.38. The summed E-state index contributed by atoms with van der Waals surface area (Å²) >= 11 is 0. The first-order chi connectivity index (χ1) is 29.4. The van der Waals surface area contributed by atoms with Crippen LogP contribution in [0, 0.1) is 0 Å². The molecule has 1 aliphatic carbocycles. The SMILES string of the molecule is FC(F)(F)C1=CCC(=c2ccc(-n3c4ccccc4c4cc(-n5c6ccccc6c6ccccc65)ccc43)cc2=C2N=C(c3ccccc3)N=C(c3ccccc3)N2)C=C1. The molecule has 288 valence electrons. The summed E-state index contributed by atoms with van der Waals surface area (Å²) in [6, 6.07) is 57.8. The van der Waals surface area contributed by atoms with Crippen LogP contribution in [0.15, 0.2) is 204 Å². The van der Waals surface area contributed by atoms with Crippen molar-refractivity contribution in [2.24, 2.45) is 9.98 Å². The molecule has 8 heteroatoms. The van der Waals surface area contributed by atoms with Crippen molar-refractivity contribution in [1.29, 1.82) is 0 Å². The van der Waals surface area contributed by atoms with Crippen molar-refractivity contribution in [2.45, 2.75) is 12.6 Å². The van der Waals surface area contributed by atoms with Crippen molar-refractivity contribution in [3.8, 4) is 11.4 Å². The number of amidine groups is 2. The second-order valence-electron chi connectivity index (χ2n) is 15.0. The van der Waals surface area contributed by atoms with E-state index in [0.29, 0.717) is 17.5 Å². The Labute approximate surface area is 342 Å². The van der Waals surface area contributed by atoms with Gasteiger partial charge in [0.25, 0.3) is 0 Å². The third kappa shape index (κ3) is 5.95. The molecule has 3 heterocycles. The maximum atomic E-state index is 13.8. The van der Waals surface area contributed by atoms with E-state index in [-0.39, 0.29) is 6.42 Å². The van der Waals surface area contributed by atoms with E-state index in [4.69, 9.17) is 9.98 Å². The summed E-state index contributed by atoms with van der Waals surface area (Å²) in [6.07, 6.45) is -0.325. The lowest BCUT2D eigenvalue weighted by Gasteiger charge is -2.19. The average Bonchev–Trinajstić information content (AvgIpc) is 3.82. The molecule has 0 atom stereocenters. The number of benzene rings is 7. The average molecular weight is 786 g/mol. The topological polar surface area (TPSA) is 46.6 Å². The first-order valence-corrected chi connectivity index (χ1v) is 19.8. The molecular weight excluding hydrogens is 752 g/mol. The number of alkyl halides is 3. The molecule has 0 bridgehead atoms. The van der Waals surface area contributed by atoms with Crippen LogP contribution >= 0.6 is 0 Å². The zero-order valence-electron chi connectivity index (χ0n) is 32.0. The standard InChI is InChI=1S/C52H34F3N5/c53-52(54,55)36-25-23-33(24-26-36)39-29-27-37(32-44(39)51-57-49(34-13-3-1-4-14-34)56-50(58-51)35-15-5-2-6-16-35)60-47-22-12-9-19-42(47)43-31-38(28-30-48(43)60)59-45-20-10-7-17-40(45)41-18-8-11-21-46(41)59/h1-23,25-32H,24H2,(H,56,57,58). The van der Waals surface area contributed by atoms with Crippen LogP contribution < -0.4 is 15.8 Å². The molecule has 0 radical (unpaired) electrons. The summed E-state index contributed by atoms with van der Waals surface area (Å²) in [5, 5.41) is 9.63. The predicted molar refractivity (Wildman–Crippen MR) is 238 cm³/mol.